The average molecular weight is 370 g/mol. The van der Waals surface area contributed by atoms with E-state index < -0.39 is 17.7 Å². The molecule has 1 aromatic carbocycles. The van der Waals surface area contributed by atoms with Crippen LogP contribution in [-0.4, -0.2) is 31.7 Å². The Balaban J connectivity index is 2.24. The van der Waals surface area contributed by atoms with Crippen LogP contribution in [0.5, 0.6) is 0 Å². The van der Waals surface area contributed by atoms with E-state index in [0.29, 0.717) is 12.3 Å². The number of nitrogens with one attached hydrogen (secondary N) is 1. The van der Waals surface area contributed by atoms with E-state index in [1.165, 1.54) is 18.2 Å². The molecule has 0 aliphatic carbocycles. The van der Waals surface area contributed by atoms with Crippen molar-refractivity contribution in [1.29, 1.82) is 0 Å². The highest BCUT2D eigenvalue weighted by molar-refractivity contribution is 6.31. The van der Waals surface area contributed by atoms with E-state index in [-0.39, 0.29) is 41.7 Å². The maximum Gasteiger partial charge on any atom is 0.336 e. The van der Waals surface area contributed by atoms with Gasteiger partial charge < -0.3 is 14.8 Å². The molecular weight excluding hydrogens is 349 g/mol. The van der Waals surface area contributed by atoms with Gasteiger partial charge in [-0.2, -0.15) is 0 Å². The van der Waals surface area contributed by atoms with Gasteiger partial charge >= 0.3 is 5.97 Å². The zero-order valence-electron chi connectivity index (χ0n) is 14.2. The summed E-state index contributed by atoms with van der Waals surface area (Å²) in [5.41, 5.74) is 0.690. The SMILES string of the molecule is CCCOCCOC(=O)C1=C(C)NC(=O)C[C@H]1c1c(F)cccc1Cl. The third kappa shape index (κ3) is 4.80. The van der Waals surface area contributed by atoms with Crippen molar-refractivity contribution in [3.8, 4) is 0 Å². The molecule has 0 saturated carbocycles. The predicted octanol–water partition coefficient (Wildman–Crippen LogP) is 3.33. The maximum absolute atomic E-state index is 14.3. The average Bonchev–Trinajstić information content (AvgIpc) is 2.53. The Morgan fingerprint density at radius 2 is 2.12 bits per heavy atom. The van der Waals surface area contributed by atoms with Crippen LogP contribution in [0.3, 0.4) is 0 Å². The lowest BCUT2D eigenvalue weighted by atomic mass is 9.84. The van der Waals surface area contributed by atoms with E-state index in [9.17, 15) is 14.0 Å². The zero-order chi connectivity index (χ0) is 18.4. The molecule has 5 nitrogen and oxygen atoms in total. The van der Waals surface area contributed by atoms with Crippen molar-refractivity contribution in [2.75, 3.05) is 19.8 Å². The van der Waals surface area contributed by atoms with E-state index in [2.05, 4.69) is 5.32 Å². The van der Waals surface area contributed by atoms with Crippen molar-refractivity contribution in [3.05, 3.63) is 45.9 Å². The fraction of sp³-hybridized carbons (Fsp3) is 0.444. The first-order chi connectivity index (χ1) is 12.0. The van der Waals surface area contributed by atoms with Crippen LogP contribution in [0.4, 0.5) is 4.39 Å². The minimum absolute atomic E-state index is 0.0746. The number of carbonyl (C=O) groups excluding carboxylic acids is 2. The number of amides is 1. The number of carbonyl (C=O) groups is 2. The van der Waals surface area contributed by atoms with Crippen LogP contribution in [0.25, 0.3) is 0 Å². The third-order valence-electron chi connectivity index (χ3n) is 3.85. The van der Waals surface area contributed by atoms with Crippen LogP contribution in [-0.2, 0) is 19.1 Å². The van der Waals surface area contributed by atoms with Crippen molar-refractivity contribution in [2.45, 2.75) is 32.6 Å². The lowest BCUT2D eigenvalue weighted by Crippen LogP contribution is -2.34. The van der Waals surface area contributed by atoms with Crippen LogP contribution >= 0.6 is 11.6 Å². The second-order valence-corrected chi connectivity index (χ2v) is 6.13. The smallest absolute Gasteiger partial charge is 0.336 e. The number of benzene rings is 1. The first-order valence-electron chi connectivity index (χ1n) is 8.15. The second-order valence-electron chi connectivity index (χ2n) is 5.73. The summed E-state index contributed by atoms with van der Waals surface area (Å²) in [5, 5.41) is 2.77. The summed E-state index contributed by atoms with van der Waals surface area (Å²) in [4.78, 5) is 24.4. The molecule has 0 spiro atoms. The van der Waals surface area contributed by atoms with Gasteiger partial charge in [0.05, 0.1) is 12.2 Å². The van der Waals surface area contributed by atoms with E-state index in [1.807, 2.05) is 6.92 Å². The molecular formula is C18H21ClFNO4. The van der Waals surface area contributed by atoms with Crippen LogP contribution < -0.4 is 5.32 Å². The van der Waals surface area contributed by atoms with Gasteiger partial charge in [-0.3, -0.25) is 4.79 Å². The molecule has 1 aliphatic rings. The van der Waals surface area contributed by atoms with E-state index in [4.69, 9.17) is 21.1 Å². The molecule has 25 heavy (non-hydrogen) atoms. The summed E-state index contributed by atoms with van der Waals surface area (Å²) in [6.45, 7) is 4.52. The van der Waals surface area contributed by atoms with Crippen LogP contribution in [0.15, 0.2) is 29.5 Å². The molecule has 0 fully saturated rings. The highest BCUT2D eigenvalue weighted by Gasteiger charge is 2.35. The maximum atomic E-state index is 14.3. The molecule has 0 bridgehead atoms. The Bertz CT molecular complexity index is 669. The lowest BCUT2D eigenvalue weighted by Gasteiger charge is -2.27. The molecule has 0 saturated heterocycles. The minimum atomic E-state index is -0.786. The molecule has 0 unspecified atom stereocenters. The number of rotatable bonds is 7. The summed E-state index contributed by atoms with van der Waals surface area (Å²) < 4.78 is 24.8. The number of ether oxygens (including phenoxy) is 2. The van der Waals surface area contributed by atoms with Crippen molar-refractivity contribution in [2.24, 2.45) is 0 Å². The molecule has 1 atom stereocenters. The molecule has 0 radical (unpaired) electrons. The van der Waals surface area contributed by atoms with Crippen molar-refractivity contribution in [3.63, 3.8) is 0 Å². The highest BCUT2D eigenvalue weighted by atomic mass is 35.5. The molecule has 1 N–H and O–H groups in total. The molecule has 1 aromatic rings. The van der Waals surface area contributed by atoms with Gasteiger partial charge in [0.25, 0.3) is 0 Å². The van der Waals surface area contributed by atoms with Crippen LogP contribution in [0, 0.1) is 5.82 Å². The van der Waals surface area contributed by atoms with E-state index in [1.54, 1.807) is 6.92 Å². The molecule has 0 aromatic heterocycles. The molecule has 2 rings (SSSR count). The number of hydrogen-bond donors (Lipinski definition) is 1. The van der Waals surface area contributed by atoms with Crippen molar-refractivity contribution in [1.82, 2.24) is 5.32 Å². The zero-order valence-corrected chi connectivity index (χ0v) is 15.0. The van der Waals surface area contributed by atoms with Gasteiger partial charge in [-0.15, -0.1) is 0 Å². The predicted molar refractivity (Wildman–Crippen MR) is 91.7 cm³/mol. The molecule has 1 aliphatic heterocycles. The number of esters is 1. The Hall–Kier alpha value is -1.92. The number of hydrogen-bond acceptors (Lipinski definition) is 4. The van der Waals surface area contributed by atoms with E-state index in [0.717, 1.165) is 6.42 Å². The Labute approximate surface area is 151 Å². The van der Waals surface area contributed by atoms with Crippen molar-refractivity contribution < 1.29 is 23.5 Å². The van der Waals surface area contributed by atoms with Gasteiger partial charge in [0.2, 0.25) is 5.91 Å². The minimum Gasteiger partial charge on any atom is -0.460 e. The summed E-state index contributed by atoms with van der Waals surface area (Å²) >= 11 is 6.12. The number of halogens is 2. The first kappa shape index (κ1) is 19.4. The first-order valence-corrected chi connectivity index (χ1v) is 8.52. The Morgan fingerprint density at radius 1 is 1.36 bits per heavy atom. The topological polar surface area (TPSA) is 64.6 Å². The number of allylic oxidation sites excluding steroid dienone is 1. The largest absolute Gasteiger partial charge is 0.460 e. The van der Waals surface area contributed by atoms with Gasteiger partial charge in [0.1, 0.15) is 12.4 Å². The highest BCUT2D eigenvalue weighted by Crippen LogP contribution is 2.38. The Kier molecular flexibility index (Phi) is 6.96. The van der Waals surface area contributed by atoms with Gasteiger partial charge in [-0.25, -0.2) is 9.18 Å². The van der Waals surface area contributed by atoms with Gasteiger partial charge in [0, 0.05) is 35.2 Å². The van der Waals surface area contributed by atoms with Gasteiger partial charge in [-0.05, 0) is 25.5 Å². The van der Waals surface area contributed by atoms with Crippen LogP contribution in [0.1, 0.15) is 38.2 Å². The standard InChI is InChI=1S/C18H21ClFNO4/c1-3-7-24-8-9-25-18(23)16-11(2)21-15(22)10-12(16)17-13(19)5-4-6-14(17)20/h4-6,12H,3,7-10H2,1-2H3,(H,21,22)/t12-/m1/s1. The summed E-state index contributed by atoms with van der Waals surface area (Å²) in [6, 6.07) is 4.26. The second kappa shape index (κ2) is 8.97. The molecule has 7 heteroatoms. The quantitative estimate of drug-likeness (QED) is 0.591. The van der Waals surface area contributed by atoms with Gasteiger partial charge in [0.15, 0.2) is 0 Å². The van der Waals surface area contributed by atoms with Gasteiger partial charge in [-0.1, -0.05) is 24.6 Å². The van der Waals surface area contributed by atoms with E-state index >= 15 is 0 Å². The Morgan fingerprint density at radius 3 is 2.80 bits per heavy atom. The lowest BCUT2D eigenvalue weighted by molar-refractivity contribution is -0.141. The fourth-order valence-corrected chi connectivity index (χ4v) is 3.07. The monoisotopic (exact) mass is 369 g/mol. The third-order valence-corrected chi connectivity index (χ3v) is 4.18. The summed E-state index contributed by atoms with van der Waals surface area (Å²) in [7, 11) is 0. The van der Waals surface area contributed by atoms with Crippen LogP contribution in [0.2, 0.25) is 5.02 Å². The summed E-state index contributed by atoms with van der Waals surface area (Å²) in [5.74, 6) is -2.25. The molecule has 1 amide bonds. The van der Waals surface area contributed by atoms with Crippen molar-refractivity contribution >= 4 is 23.5 Å². The molecule has 136 valence electrons. The fourth-order valence-electron chi connectivity index (χ4n) is 2.78. The molecule has 1 heterocycles. The summed E-state index contributed by atoms with van der Waals surface area (Å²) in [6.07, 6.45) is 0.798. The normalized spacial score (nSPS) is 17.4.